The first kappa shape index (κ1) is 26.1. The van der Waals surface area contributed by atoms with E-state index in [1.54, 1.807) is 7.05 Å². The van der Waals surface area contributed by atoms with Crippen molar-refractivity contribution in [3.05, 3.63) is 35.1 Å². The molecule has 9 heteroatoms. The molecule has 0 fully saturated rings. The second-order valence-corrected chi connectivity index (χ2v) is 8.36. The van der Waals surface area contributed by atoms with Gasteiger partial charge in [-0.25, -0.2) is 12.8 Å². The summed E-state index contributed by atoms with van der Waals surface area (Å²) in [5.74, 6) is 0.112. The molecule has 0 aliphatic heterocycles. The van der Waals surface area contributed by atoms with E-state index in [-0.39, 0.29) is 35.5 Å². The van der Waals surface area contributed by atoms with Gasteiger partial charge in [-0.05, 0) is 49.3 Å². The van der Waals surface area contributed by atoms with E-state index in [1.807, 2.05) is 0 Å². The SMILES string of the molecule is CCN(CC)CCCNC(=NC)NCc1cc(F)ccc1CS(C)(=O)=O.I. The summed E-state index contributed by atoms with van der Waals surface area (Å²) in [5.41, 5.74) is 1.21. The van der Waals surface area contributed by atoms with Crippen LogP contribution in [0.25, 0.3) is 0 Å². The molecule has 156 valence electrons. The number of aliphatic imine (C=N–C) groups is 1. The molecule has 0 amide bonds. The van der Waals surface area contributed by atoms with Crippen LogP contribution >= 0.6 is 24.0 Å². The van der Waals surface area contributed by atoms with Crippen molar-refractivity contribution < 1.29 is 12.8 Å². The largest absolute Gasteiger partial charge is 0.356 e. The van der Waals surface area contributed by atoms with Crippen molar-refractivity contribution >= 4 is 39.8 Å². The molecule has 1 aromatic rings. The van der Waals surface area contributed by atoms with Crippen molar-refractivity contribution in [2.45, 2.75) is 32.6 Å². The average molecular weight is 514 g/mol. The molecule has 1 aromatic carbocycles. The van der Waals surface area contributed by atoms with Gasteiger partial charge in [0.2, 0.25) is 0 Å². The zero-order valence-corrected chi connectivity index (χ0v) is 19.7. The molecule has 27 heavy (non-hydrogen) atoms. The molecule has 0 bridgehead atoms. The Morgan fingerprint density at radius 3 is 2.41 bits per heavy atom. The van der Waals surface area contributed by atoms with Gasteiger partial charge in [0.1, 0.15) is 5.82 Å². The summed E-state index contributed by atoms with van der Waals surface area (Å²) in [6.07, 6.45) is 2.16. The van der Waals surface area contributed by atoms with Gasteiger partial charge in [0.25, 0.3) is 0 Å². The lowest BCUT2D eigenvalue weighted by Gasteiger charge is -2.18. The predicted molar refractivity (Wildman–Crippen MR) is 121 cm³/mol. The smallest absolute Gasteiger partial charge is 0.191 e. The fourth-order valence-electron chi connectivity index (χ4n) is 2.63. The molecule has 0 unspecified atom stereocenters. The van der Waals surface area contributed by atoms with E-state index in [2.05, 4.69) is 34.4 Å². The van der Waals surface area contributed by atoms with Crippen molar-refractivity contribution in [2.24, 2.45) is 4.99 Å². The lowest BCUT2D eigenvalue weighted by atomic mass is 10.1. The average Bonchev–Trinajstić information content (AvgIpc) is 2.58. The van der Waals surface area contributed by atoms with Gasteiger partial charge in [0, 0.05) is 26.4 Å². The van der Waals surface area contributed by atoms with Crippen LogP contribution in [0.4, 0.5) is 4.39 Å². The third-order valence-corrected chi connectivity index (χ3v) is 4.93. The maximum Gasteiger partial charge on any atom is 0.191 e. The maximum absolute atomic E-state index is 13.5. The Labute approximate surface area is 180 Å². The lowest BCUT2D eigenvalue weighted by molar-refractivity contribution is 0.300. The van der Waals surface area contributed by atoms with Crippen LogP contribution in [-0.4, -0.2) is 58.8 Å². The summed E-state index contributed by atoms with van der Waals surface area (Å²) >= 11 is 0. The second-order valence-electron chi connectivity index (χ2n) is 6.22. The van der Waals surface area contributed by atoms with Gasteiger partial charge in [-0.15, -0.1) is 24.0 Å². The quantitative estimate of drug-likeness (QED) is 0.217. The maximum atomic E-state index is 13.5. The Balaban J connectivity index is 0.00000676. The van der Waals surface area contributed by atoms with E-state index in [0.717, 1.165) is 32.6 Å². The predicted octanol–water partition coefficient (Wildman–Crippen LogP) is 2.39. The van der Waals surface area contributed by atoms with Crippen molar-refractivity contribution in [3.8, 4) is 0 Å². The number of hydrogen-bond donors (Lipinski definition) is 2. The van der Waals surface area contributed by atoms with Crippen LogP contribution in [0.2, 0.25) is 0 Å². The molecule has 0 heterocycles. The molecule has 0 saturated heterocycles. The highest BCUT2D eigenvalue weighted by molar-refractivity contribution is 14.0. The molecule has 2 N–H and O–H groups in total. The van der Waals surface area contributed by atoms with Crippen molar-refractivity contribution in [1.29, 1.82) is 0 Å². The highest BCUT2D eigenvalue weighted by Gasteiger charge is 2.11. The number of rotatable bonds is 10. The van der Waals surface area contributed by atoms with Crippen LogP contribution < -0.4 is 10.6 Å². The van der Waals surface area contributed by atoms with Crippen LogP contribution in [0.3, 0.4) is 0 Å². The van der Waals surface area contributed by atoms with Gasteiger partial charge in [-0.3, -0.25) is 4.99 Å². The van der Waals surface area contributed by atoms with E-state index >= 15 is 0 Å². The highest BCUT2D eigenvalue weighted by Crippen LogP contribution is 2.14. The molecule has 0 spiro atoms. The van der Waals surface area contributed by atoms with Gasteiger partial charge >= 0.3 is 0 Å². The summed E-state index contributed by atoms with van der Waals surface area (Å²) in [7, 11) is -1.52. The Morgan fingerprint density at radius 1 is 1.19 bits per heavy atom. The molecule has 0 atom stereocenters. The number of nitrogens with one attached hydrogen (secondary N) is 2. The van der Waals surface area contributed by atoms with Crippen molar-refractivity contribution in [2.75, 3.05) is 39.5 Å². The minimum Gasteiger partial charge on any atom is -0.356 e. The van der Waals surface area contributed by atoms with Gasteiger partial charge in [0.15, 0.2) is 15.8 Å². The number of guanidine groups is 1. The minimum atomic E-state index is -3.19. The monoisotopic (exact) mass is 514 g/mol. The van der Waals surface area contributed by atoms with Crippen molar-refractivity contribution in [1.82, 2.24) is 15.5 Å². The topological polar surface area (TPSA) is 73.8 Å². The molecule has 6 nitrogen and oxygen atoms in total. The third-order valence-electron chi connectivity index (χ3n) is 4.09. The number of halogens is 2. The lowest BCUT2D eigenvalue weighted by Crippen LogP contribution is -2.38. The fourth-order valence-corrected chi connectivity index (χ4v) is 3.48. The van der Waals surface area contributed by atoms with E-state index in [4.69, 9.17) is 0 Å². The van der Waals surface area contributed by atoms with E-state index in [9.17, 15) is 12.8 Å². The minimum absolute atomic E-state index is 0. The molecule has 0 aliphatic carbocycles. The molecular formula is C18H32FIN4O2S. The van der Waals surface area contributed by atoms with Crippen LogP contribution in [0.15, 0.2) is 23.2 Å². The van der Waals surface area contributed by atoms with E-state index in [0.29, 0.717) is 23.6 Å². The molecule has 1 rings (SSSR count). The molecule has 0 aromatic heterocycles. The fraction of sp³-hybridized carbons (Fsp3) is 0.611. The molecular weight excluding hydrogens is 482 g/mol. The van der Waals surface area contributed by atoms with Crippen LogP contribution in [0.1, 0.15) is 31.4 Å². The molecule has 0 saturated carbocycles. The third kappa shape index (κ3) is 10.8. The Morgan fingerprint density at radius 2 is 1.85 bits per heavy atom. The Hall–Kier alpha value is -0.940. The van der Waals surface area contributed by atoms with Gasteiger partial charge in [0.05, 0.1) is 5.75 Å². The van der Waals surface area contributed by atoms with E-state index < -0.39 is 9.84 Å². The summed E-state index contributed by atoms with van der Waals surface area (Å²) in [5, 5.41) is 6.34. The first-order chi connectivity index (χ1) is 12.3. The Kier molecular flexibility index (Phi) is 12.8. The summed E-state index contributed by atoms with van der Waals surface area (Å²) < 4.78 is 36.7. The van der Waals surface area contributed by atoms with Gasteiger partial charge < -0.3 is 15.5 Å². The summed E-state index contributed by atoms with van der Waals surface area (Å²) in [4.78, 5) is 6.50. The molecule has 0 aliphatic rings. The zero-order valence-electron chi connectivity index (χ0n) is 16.6. The second kappa shape index (κ2) is 13.3. The molecule has 0 radical (unpaired) electrons. The van der Waals surface area contributed by atoms with Gasteiger partial charge in [-0.2, -0.15) is 0 Å². The summed E-state index contributed by atoms with van der Waals surface area (Å²) in [6.45, 7) is 8.44. The number of sulfone groups is 1. The summed E-state index contributed by atoms with van der Waals surface area (Å²) in [6, 6.07) is 4.17. The number of hydrogen-bond acceptors (Lipinski definition) is 4. The van der Waals surface area contributed by atoms with Crippen LogP contribution in [0, 0.1) is 5.82 Å². The highest BCUT2D eigenvalue weighted by atomic mass is 127. The number of nitrogens with zero attached hydrogens (tertiary/aromatic N) is 2. The first-order valence-corrected chi connectivity index (χ1v) is 11.0. The van der Waals surface area contributed by atoms with Crippen LogP contribution in [-0.2, 0) is 22.1 Å². The number of benzene rings is 1. The Bertz CT molecular complexity index is 695. The van der Waals surface area contributed by atoms with Crippen LogP contribution in [0.5, 0.6) is 0 Å². The van der Waals surface area contributed by atoms with Gasteiger partial charge in [-0.1, -0.05) is 19.9 Å². The normalized spacial score (nSPS) is 12.0. The standard InChI is InChI=1S/C18H31FN4O2S.HI/c1-5-23(6-2)11-7-10-21-18(20-3)22-13-16-12-17(19)9-8-15(16)14-26(4,24)25;/h8-9,12H,5-7,10-11,13-14H2,1-4H3,(H2,20,21,22);1H. The van der Waals surface area contributed by atoms with Crippen molar-refractivity contribution in [3.63, 3.8) is 0 Å². The first-order valence-electron chi connectivity index (χ1n) is 8.91. The zero-order chi connectivity index (χ0) is 19.6. The van der Waals surface area contributed by atoms with E-state index in [1.165, 1.54) is 24.5 Å².